The monoisotopic (exact) mass is 165 g/mol. The minimum Gasteiger partial charge on any atom is -0.310 e. The lowest BCUT2D eigenvalue weighted by Crippen LogP contribution is -2.35. The van der Waals surface area contributed by atoms with E-state index in [1.54, 1.807) is 0 Å². The molecule has 0 aromatic heterocycles. The average molecular weight is 165 g/mol. The summed E-state index contributed by atoms with van der Waals surface area (Å²) in [5.74, 6) is 0. The van der Waals surface area contributed by atoms with Gasteiger partial charge in [0.2, 0.25) is 0 Å². The summed E-state index contributed by atoms with van der Waals surface area (Å²) in [6.45, 7) is 1.15. The fourth-order valence-corrected chi connectivity index (χ4v) is 1.65. The first-order chi connectivity index (χ1) is 5.38. The van der Waals surface area contributed by atoms with Crippen molar-refractivity contribution < 1.29 is 0 Å². The maximum absolute atomic E-state index is 4.39. The van der Waals surface area contributed by atoms with E-state index in [0.29, 0.717) is 6.04 Å². The van der Waals surface area contributed by atoms with Crippen molar-refractivity contribution in [2.45, 2.75) is 17.4 Å². The van der Waals surface area contributed by atoms with E-state index in [2.05, 4.69) is 30.1 Å². The molecule has 2 heteroatoms. The first kappa shape index (κ1) is 7.19. The van der Waals surface area contributed by atoms with Crippen molar-refractivity contribution >= 4 is 12.6 Å². The van der Waals surface area contributed by atoms with E-state index in [0.717, 1.165) is 11.4 Å². The van der Waals surface area contributed by atoms with Crippen molar-refractivity contribution in [2.24, 2.45) is 0 Å². The van der Waals surface area contributed by atoms with Crippen LogP contribution < -0.4 is 5.32 Å². The van der Waals surface area contributed by atoms with Gasteiger partial charge in [-0.05, 0) is 24.6 Å². The van der Waals surface area contributed by atoms with E-state index in [9.17, 15) is 0 Å². The molecule has 1 aliphatic heterocycles. The number of hydrogen-bond acceptors (Lipinski definition) is 2. The molecule has 0 radical (unpaired) electrons. The smallest absolute Gasteiger partial charge is 0.0343 e. The molecule has 1 nitrogen and oxygen atoms in total. The molecule has 1 unspecified atom stereocenters. The van der Waals surface area contributed by atoms with E-state index in [-0.39, 0.29) is 0 Å². The Balaban J connectivity index is 2.28. The van der Waals surface area contributed by atoms with Crippen molar-refractivity contribution in [1.29, 1.82) is 0 Å². The number of rotatable bonds is 1. The molecule has 1 aliphatic rings. The lowest BCUT2D eigenvalue weighted by molar-refractivity contribution is 0.378. The largest absolute Gasteiger partial charge is 0.310 e. The molecule has 0 saturated carbocycles. The third-order valence-electron chi connectivity index (χ3n) is 2.14. The summed E-state index contributed by atoms with van der Waals surface area (Å²) in [7, 11) is 0. The van der Waals surface area contributed by atoms with Crippen LogP contribution >= 0.6 is 12.6 Å². The predicted octanol–water partition coefficient (Wildman–Crippen LogP) is 2.01. The van der Waals surface area contributed by atoms with Crippen molar-refractivity contribution in [3.8, 4) is 0 Å². The summed E-state index contributed by atoms with van der Waals surface area (Å²) < 4.78 is 0. The maximum Gasteiger partial charge on any atom is 0.0343 e. The summed E-state index contributed by atoms with van der Waals surface area (Å²) >= 11 is 4.39. The van der Waals surface area contributed by atoms with Crippen molar-refractivity contribution in [2.75, 3.05) is 6.54 Å². The molecular formula is C9H11NS. The van der Waals surface area contributed by atoms with Gasteiger partial charge in [0.15, 0.2) is 0 Å². The highest BCUT2D eigenvalue weighted by Crippen LogP contribution is 2.27. The van der Waals surface area contributed by atoms with Gasteiger partial charge in [-0.2, -0.15) is 0 Å². The zero-order valence-corrected chi connectivity index (χ0v) is 7.14. The first-order valence-corrected chi connectivity index (χ1v) is 4.34. The van der Waals surface area contributed by atoms with Crippen LogP contribution in [-0.4, -0.2) is 6.54 Å². The normalized spacial score (nSPS) is 22.8. The molecule has 1 aromatic carbocycles. The van der Waals surface area contributed by atoms with E-state index in [1.807, 2.05) is 12.1 Å². The molecule has 1 N–H and O–H groups in total. The fourth-order valence-electron chi connectivity index (χ4n) is 1.34. The van der Waals surface area contributed by atoms with Crippen LogP contribution in [0.2, 0.25) is 0 Å². The molecule has 1 saturated heterocycles. The Kier molecular flexibility index (Phi) is 1.88. The van der Waals surface area contributed by atoms with Gasteiger partial charge < -0.3 is 5.32 Å². The van der Waals surface area contributed by atoms with Gasteiger partial charge >= 0.3 is 0 Å². The zero-order valence-electron chi connectivity index (χ0n) is 6.25. The third-order valence-corrected chi connectivity index (χ3v) is 2.54. The summed E-state index contributed by atoms with van der Waals surface area (Å²) in [5, 5.41) is 3.35. The minimum absolute atomic E-state index is 0.559. The highest BCUT2D eigenvalue weighted by atomic mass is 32.1. The fraction of sp³-hybridized carbons (Fsp3) is 0.333. The van der Waals surface area contributed by atoms with Crippen molar-refractivity contribution in [1.82, 2.24) is 5.32 Å². The van der Waals surface area contributed by atoms with Crippen LogP contribution in [0.3, 0.4) is 0 Å². The number of benzene rings is 1. The molecule has 0 spiro atoms. The van der Waals surface area contributed by atoms with Crippen LogP contribution in [-0.2, 0) is 0 Å². The second-order valence-electron chi connectivity index (χ2n) is 2.85. The lowest BCUT2D eigenvalue weighted by Gasteiger charge is -2.28. The van der Waals surface area contributed by atoms with Crippen LogP contribution in [0, 0.1) is 0 Å². The molecule has 0 aliphatic carbocycles. The SMILES string of the molecule is Sc1ccccc1C1CCN1. The number of hydrogen-bond donors (Lipinski definition) is 2. The molecule has 0 bridgehead atoms. The predicted molar refractivity (Wildman–Crippen MR) is 49.1 cm³/mol. The average Bonchev–Trinajstić information content (AvgIpc) is 1.90. The van der Waals surface area contributed by atoms with E-state index >= 15 is 0 Å². The van der Waals surface area contributed by atoms with Gasteiger partial charge in [-0.15, -0.1) is 12.6 Å². The zero-order chi connectivity index (χ0) is 7.68. The summed E-state index contributed by atoms with van der Waals surface area (Å²) in [6.07, 6.45) is 1.25. The quantitative estimate of drug-likeness (QED) is 0.607. The van der Waals surface area contributed by atoms with Gasteiger partial charge in [0.05, 0.1) is 0 Å². The van der Waals surface area contributed by atoms with Gasteiger partial charge in [0.25, 0.3) is 0 Å². The summed E-state index contributed by atoms with van der Waals surface area (Å²) in [6, 6.07) is 8.82. The van der Waals surface area contributed by atoms with E-state index in [1.165, 1.54) is 12.0 Å². The second kappa shape index (κ2) is 2.88. The second-order valence-corrected chi connectivity index (χ2v) is 3.34. The van der Waals surface area contributed by atoms with Crippen LogP contribution in [0.4, 0.5) is 0 Å². The number of thiol groups is 1. The standard InChI is InChI=1S/C9H11NS/c11-9-4-2-1-3-7(9)8-5-6-10-8/h1-4,8,10-11H,5-6H2. The Labute approximate surface area is 72.2 Å². The minimum atomic E-state index is 0.559. The third kappa shape index (κ3) is 1.28. The maximum atomic E-state index is 4.39. The van der Waals surface area contributed by atoms with Crippen molar-refractivity contribution in [3.05, 3.63) is 29.8 Å². The Hall–Kier alpha value is -0.470. The van der Waals surface area contributed by atoms with Gasteiger partial charge in [0, 0.05) is 10.9 Å². The van der Waals surface area contributed by atoms with Crippen molar-refractivity contribution in [3.63, 3.8) is 0 Å². The molecule has 58 valence electrons. The highest BCUT2D eigenvalue weighted by molar-refractivity contribution is 7.80. The first-order valence-electron chi connectivity index (χ1n) is 3.89. The molecule has 11 heavy (non-hydrogen) atoms. The Morgan fingerprint density at radius 2 is 2.09 bits per heavy atom. The number of nitrogens with one attached hydrogen (secondary N) is 1. The Morgan fingerprint density at radius 1 is 1.36 bits per heavy atom. The van der Waals surface area contributed by atoms with Crippen LogP contribution in [0.25, 0.3) is 0 Å². The van der Waals surface area contributed by atoms with Crippen LogP contribution in [0.5, 0.6) is 0 Å². The molecular weight excluding hydrogens is 154 g/mol. The Bertz CT molecular complexity index is 255. The highest BCUT2D eigenvalue weighted by Gasteiger charge is 2.19. The Morgan fingerprint density at radius 3 is 2.64 bits per heavy atom. The van der Waals surface area contributed by atoms with E-state index < -0.39 is 0 Å². The molecule has 1 aromatic rings. The van der Waals surface area contributed by atoms with Gasteiger partial charge in [-0.1, -0.05) is 18.2 Å². The topological polar surface area (TPSA) is 12.0 Å². The molecule has 0 amide bonds. The van der Waals surface area contributed by atoms with Crippen LogP contribution in [0.1, 0.15) is 18.0 Å². The molecule has 2 rings (SSSR count). The molecule has 1 atom stereocenters. The van der Waals surface area contributed by atoms with E-state index in [4.69, 9.17) is 0 Å². The van der Waals surface area contributed by atoms with Gasteiger partial charge in [-0.25, -0.2) is 0 Å². The summed E-state index contributed by atoms with van der Waals surface area (Å²) in [4.78, 5) is 1.10. The summed E-state index contributed by atoms with van der Waals surface area (Å²) in [5.41, 5.74) is 1.34. The van der Waals surface area contributed by atoms with Gasteiger partial charge in [-0.3, -0.25) is 0 Å². The molecule has 1 fully saturated rings. The molecule has 1 heterocycles. The van der Waals surface area contributed by atoms with Crippen LogP contribution in [0.15, 0.2) is 29.2 Å². The lowest BCUT2D eigenvalue weighted by atomic mass is 9.98. The van der Waals surface area contributed by atoms with Gasteiger partial charge in [0.1, 0.15) is 0 Å².